The molecule has 2 aliphatic rings. The smallest absolute Gasteiger partial charge is 0.383 e. The summed E-state index contributed by atoms with van der Waals surface area (Å²) in [5.74, 6) is 1.01. The second kappa shape index (κ2) is 7.10. The topological polar surface area (TPSA) is 74.6 Å². The molecule has 2 aliphatic carbocycles. The molecule has 3 aromatic heterocycles. The fraction of sp³-hybridized carbons (Fsp3) is 0.500. The first-order valence-electron chi connectivity index (χ1n) is 10.7. The molecule has 3 heterocycles. The van der Waals surface area contributed by atoms with Crippen LogP contribution in [-0.4, -0.2) is 24.5 Å². The van der Waals surface area contributed by atoms with Gasteiger partial charge in [-0.3, -0.25) is 9.36 Å². The largest absolute Gasteiger partial charge is 0.419 e. The Morgan fingerprint density at radius 3 is 2.58 bits per heavy atom. The minimum atomic E-state index is -4.55. The summed E-state index contributed by atoms with van der Waals surface area (Å²) in [6.45, 7) is 4.18. The number of nitrogen functional groups attached to an aromatic ring is 1. The molecule has 0 saturated heterocycles. The third-order valence-corrected chi connectivity index (χ3v) is 6.95. The minimum absolute atomic E-state index is 0.163. The minimum Gasteiger partial charge on any atom is -0.383 e. The summed E-state index contributed by atoms with van der Waals surface area (Å²) in [7, 11) is 0. The van der Waals surface area contributed by atoms with Gasteiger partial charge in [-0.25, -0.2) is 4.98 Å². The molecule has 6 nitrogen and oxygen atoms in total. The van der Waals surface area contributed by atoms with Crippen LogP contribution in [0.2, 0.25) is 0 Å². The standard InChI is InChI=1S/C22H25F3N6/c1-3-12(2)31-19(20-15-8-14(9-16(15)20)30-6-4-5-28-30)10-18(29-31)13-7-17(22(23,24)25)21(26)27-11-13/h4-7,10-12,14-16,20H,3,8-9H2,1-2H3,(H2,26,27). The average Bonchev–Trinajstić information content (AvgIpc) is 3.25. The molecule has 5 rings (SSSR count). The van der Waals surface area contributed by atoms with Gasteiger partial charge in [0.25, 0.3) is 0 Å². The van der Waals surface area contributed by atoms with Crippen LogP contribution in [0.4, 0.5) is 19.0 Å². The molecule has 0 radical (unpaired) electrons. The summed E-state index contributed by atoms with van der Waals surface area (Å²) in [5, 5.41) is 9.09. The lowest BCUT2D eigenvalue weighted by molar-refractivity contribution is -0.137. The summed E-state index contributed by atoms with van der Waals surface area (Å²) in [4.78, 5) is 3.78. The molecule has 31 heavy (non-hydrogen) atoms. The molecule has 3 atom stereocenters. The first-order chi connectivity index (χ1) is 14.8. The monoisotopic (exact) mass is 430 g/mol. The van der Waals surface area contributed by atoms with Crippen molar-refractivity contribution in [2.45, 2.75) is 57.3 Å². The lowest BCUT2D eigenvalue weighted by atomic mass is 10.0. The molecule has 0 aliphatic heterocycles. The van der Waals surface area contributed by atoms with Crippen LogP contribution in [0.3, 0.4) is 0 Å². The van der Waals surface area contributed by atoms with E-state index in [4.69, 9.17) is 10.8 Å². The van der Waals surface area contributed by atoms with Crippen LogP contribution < -0.4 is 5.73 Å². The van der Waals surface area contributed by atoms with Crippen molar-refractivity contribution in [1.29, 1.82) is 0 Å². The number of anilines is 1. The van der Waals surface area contributed by atoms with Crippen LogP contribution in [0.1, 0.15) is 62.4 Å². The summed E-state index contributed by atoms with van der Waals surface area (Å²) < 4.78 is 44.0. The molecular formula is C22H25F3N6. The molecule has 0 spiro atoms. The lowest BCUT2D eigenvalue weighted by Crippen LogP contribution is -2.13. The Morgan fingerprint density at radius 2 is 1.97 bits per heavy atom. The first kappa shape index (κ1) is 20.1. The number of fused-ring (bicyclic) bond motifs is 1. The Balaban J connectivity index is 1.45. The molecule has 164 valence electrons. The van der Waals surface area contributed by atoms with Gasteiger partial charge in [0.15, 0.2) is 0 Å². The van der Waals surface area contributed by atoms with Crippen molar-refractivity contribution in [3.05, 3.63) is 48.0 Å². The third-order valence-electron chi connectivity index (χ3n) is 6.95. The highest BCUT2D eigenvalue weighted by Crippen LogP contribution is 2.66. The normalized spacial score (nSPS) is 26.1. The maximum atomic E-state index is 13.3. The zero-order valence-corrected chi connectivity index (χ0v) is 17.4. The second-order valence-electron chi connectivity index (χ2n) is 8.78. The van der Waals surface area contributed by atoms with Crippen molar-refractivity contribution in [2.24, 2.45) is 11.8 Å². The Hall–Kier alpha value is -2.84. The number of rotatable bonds is 5. The van der Waals surface area contributed by atoms with E-state index >= 15 is 0 Å². The van der Waals surface area contributed by atoms with E-state index in [-0.39, 0.29) is 6.04 Å². The quantitative estimate of drug-likeness (QED) is 0.613. The number of halogens is 3. The van der Waals surface area contributed by atoms with Crippen LogP contribution >= 0.6 is 0 Å². The number of aromatic nitrogens is 5. The van der Waals surface area contributed by atoms with Gasteiger partial charge in [0.1, 0.15) is 5.82 Å². The van der Waals surface area contributed by atoms with Crippen LogP contribution in [-0.2, 0) is 6.18 Å². The van der Waals surface area contributed by atoms with E-state index in [2.05, 4.69) is 23.9 Å². The zero-order chi connectivity index (χ0) is 21.9. The molecule has 3 aromatic rings. The number of pyridine rings is 1. The lowest BCUT2D eigenvalue weighted by Gasteiger charge is -2.17. The molecule has 0 aromatic carbocycles. The molecule has 2 N–H and O–H groups in total. The summed E-state index contributed by atoms with van der Waals surface area (Å²) >= 11 is 0. The third kappa shape index (κ3) is 3.40. The highest BCUT2D eigenvalue weighted by Gasteiger charge is 2.58. The maximum Gasteiger partial charge on any atom is 0.419 e. The number of hydrogen-bond acceptors (Lipinski definition) is 4. The van der Waals surface area contributed by atoms with Gasteiger partial charge in [-0.2, -0.15) is 23.4 Å². The van der Waals surface area contributed by atoms with Gasteiger partial charge in [-0.15, -0.1) is 0 Å². The van der Waals surface area contributed by atoms with E-state index in [1.807, 2.05) is 33.9 Å². The number of alkyl halides is 3. The van der Waals surface area contributed by atoms with Gasteiger partial charge in [-0.05, 0) is 56.2 Å². The van der Waals surface area contributed by atoms with Crippen LogP contribution in [0.25, 0.3) is 11.3 Å². The predicted octanol–water partition coefficient (Wildman–Crippen LogP) is 5.08. The number of hydrogen-bond donors (Lipinski definition) is 1. The van der Waals surface area contributed by atoms with Gasteiger partial charge >= 0.3 is 6.18 Å². The van der Waals surface area contributed by atoms with Gasteiger partial charge < -0.3 is 5.73 Å². The van der Waals surface area contributed by atoms with E-state index in [0.717, 1.165) is 31.0 Å². The highest BCUT2D eigenvalue weighted by atomic mass is 19.4. The molecule has 0 amide bonds. The Bertz CT molecular complexity index is 1080. The van der Waals surface area contributed by atoms with Gasteiger partial charge in [0, 0.05) is 41.8 Å². The first-order valence-corrected chi connectivity index (χ1v) is 10.7. The van der Waals surface area contributed by atoms with E-state index in [9.17, 15) is 13.2 Å². The SMILES string of the molecule is CCC(C)n1nc(-c2cnc(N)c(C(F)(F)F)c2)cc1C1C2CC(n3cccn3)CC21. The summed E-state index contributed by atoms with van der Waals surface area (Å²) in [5.41, 5.74) is 6.51. The molecule has 0 bridgehead atoms. The maximum absolute atomic E-state index is 13.3. The molecule has 2 saturated carbocycles. The zero-order valence-electron chi connectivity index (χ0n) is 17.4. The fourth-order valence-corrected chi connectivity index (χ4v) is 5.13. The van der Waals surface area contributed by atoms with Gasteiger partial charge in [-0.1, -0.05) is 6.92 Å². The van der Waals surface area contributed by atoms with Gasteiger partial charge in [0.05, 0.1) is 17.3 Å². The van der Waals surface area contributed by atoms with Crippen molar-refractivity contribution in [3.63, 3.8) is 0 Å². The van der Waals surface area contributed by atoms with Crippen molar-refractivity contribution in [2.75, 3.05) is 5.73 Å². The molecule has 2 fully saturated rings. The van der Waals surface area contributed by atoms with Crippen LogP contribution in [0.15, 0.2) is 36.8 Å². The van der Waals surface area contributed by atoms with Crippen molar-refractivity contribution in [3.8, 4) is 11.3 Å². The summed E-state index contributed by atoms with van der Waals surface area (Å²) in [6.07, 6.45) is 3.67. The fourth-order valence-electron chi connectivity index (χ4n) is 5.13. The van der Waals surface area contributed by atoms with Crippen LogP contribution in [0, 0.1) is 11.8 Å². The molecule has 3 unspecified atom stereocenters. The van der Waals surface area contributed by atoms with Gasteiger partial charge in [0.2, 0.25) is 0 Å². The molecule has 9 heteroatoms. The van der Waals surface area contributed by atoms with E-state index in [1.54, 1.807) is 0 Å². The number of nitrogens with two attached hydrogens (primary N) is 1. The van der Waals surface area contributed by atoms with Crippen molar-refractivity contribution in [1.82, 2.24) is 24.5 Å². The highest BCUT2D eigenvalue weighted by molar-refractivity contribution is 5.63. The number of nitrogens with zero attached hydrogens (tertiary/aromatic N) is 5. The van der Waals surface area contributed by atoms with E-state index in [0.29, 0.717) is 35.1 Å². The van der Waals surface area contributed by atoms with Crippen molar-refractivity contribution < 1.29 is 13.2 Å². The van der Waals surface area contributed by atoms with E-state index in [1.165, 1.54) is 6.20 Å². The Labute approximate surface area is 178 Å². The predicted molar refractivity (Wildman–Crippen MR) is 110 cm³/mol. The van der Waals surface area contributed by atoms with Crippen LogP contribution in [0.5, 0.6) is 0 Å². The molecular weight excluding hydrogens is 405 g/mol. The van der Waals surface area contributed by atoms with Crippen molar-refractivity contribution >= 4 is 5.82 Å². The average molecular weight is 430 g/mol. The summed E-state index contributed by atoms with van der Waals surface area (Å²) in [6, 6.07) is 5.54. The Kier molecular flexibility index (Phi) is 4.60. The Morgan fingerprint density at radius 1 is 1.23 bits per heavy atom. The second-order valence-corrected chi connectivity index (χ2v) is 8.78. The van der Waals surface area contributed by atoms with E-state index < -0.39 is 17.6 Å².